The second-order valence-corrected chi connectivity index (χ2v) is 4.32. The molecule has 1 amide bonds. The predicted octanol–water partition coefficient (Wildman–Crippen LogP) is 2.08. The number of hydrogen-bond donors (Lipinski definition) is 1. The first-order valence-corrected chi connectivity index (χ1v) is 6.07. The summed E-state index contributed by atoms with van der Waals surface area (Å²) in [6, 6.07) is 7.30. The van der Waals surface area contributed by atoms with Crippen molar-refractivity contribution in [3.8, 4) is 5.75 Å². The average molecular weight is 265 g/mol. The van der Waals surface area contributed by atoms with Crippen molar-refractivity contribution in [1.29, 1.82) is 0 Å². The summed E-state index contributed by atoms with van der Waals surface area (Å²) < 4.78 is 5.26. The zero-order valence-electron chi connectivity index (χ0n) is 11.4. The Bertz CT molecular complexity index is 459. The van der Waals surface area contributed by atoms with Gasteiger partial charge in [-0.1, -0.05) is 18.2 Å². The zero-order valence-corrected chi connectivity index (χ0v) is 11.4. The van der Waals surface area contributed by atoms with Crippen LogP contribution in [0, 0.1) is 0 Å². The number of carbonyl (C=O) groups excluding carboxylic acids is 1. The van der Waals surface area contributed by atoms with Crippen LogP contribution in [0.2, 0.25) is 0 Å². The Hall–Kier alpha value is -2.04. The van der Waals surface area contributed by atoms with Gasteiger partial charge in [0.1, 0.15) is 5.75 Å². The lowest BCUT2D eigenvalue weighted by molar-refractivity contribution is -0.141. The van der Waals surface area contributed by atoms with Crippen LogP contribution in [0.1, 0.15) is 31.4 Å². The number of carboxylic acids is 1. The average Bonchev–Trinajstić information content (AvgIpc) is 2.42. The molecule has 0 fully saturated rings. The van der Waals surface area contributed by atoms with E-state index >= 15 is 0 Å². The lowest BCUT2D eigenvalue weighted by atomic mass is 10.1. The fraction of sp³-hybridized carbons (Fsp3) is 0.429. The number of carbonyl (C=O) groups is 2. The predicted molar refractivity (Wildman–Crippen MR) is 71.0 cm³/mol. The van der Waals surface area contributed by atoms with Gasteiger partial charge in [-0.3, -0.25) is 9.59 Å². The van der Waals surface area contributed by atoms with Crippen LogP contribution >= 0.6 is 0 Å². The van der Waals surface area contributed by atoms with Gasteiger partial charge in [-0.2, -0.15) is 0 Å². The van der Waals surface area contributed by atoms with E-state index in [0.717, 1.165) is 5.56 Å². The van der Waals surface area contributed by atoms with Gasteiger partial charge in [-0.25, -0.2) is 0 Å². The van der Waals surface area contributed by atoms with Crippen LogP contribution in [-0.4, -0.2) is 36.0 Å². The van der Waals surface area contributed by atoms with E-state index in [0.29, 0.717) is 5.75 Å². The molecule has 104 valence electrons. The molecule has 1 N–H and O–H groups in total. The normalized spacial score (nSPS) is 11.7. The van der Waals surface area contributed by atoms with Crippen molar-refractivity contribution in [3.05, 3.63) is 29.8 Å². The van der Waals surface area contributed by atoms with Crippen molar-refractivity contribution in [2.24, 2.45) is 0 Å². The van der Waals surface area contributed by atoms with E-state index in [1.807, 2.05) is 31.2 Å². The number of benzene rings is 1. The van der Waals surface area contributed by atoms with E-state index in [9.17, 15) is 9.59 Å². The summed E-state index contributed by atoms with van der Waals surface area (Å²) in [4.78, 5) is 23.9. The zero-order chi connectivity index (χ0) is 14.4. The fourth-order valence-electron chi connectivity index (χ4n) is 1.83. The molecule has 0 spiro atoms. The Morgan fingerprint density at radius 2 is 1.95 bits per heavy atom. The van der Waals surface area contributed by atoms with E-state index in [1.54, 1.807) is 19.1 Å². The number of carboxylic acid groups (broad SMARTS) is 1. The highest BCUT2D eigenvalue weighted by molar-refractivity contribution is 5.80. The maximum atomic E-state index is 11.9. The van der Waals surface area contributed by atoms with Gasteiger partial charge < -0.3 is 14.7 Å². The number of amides is 1. The molecule has 0 bridgehead atoms. The fourth-order valence-corrected chi connectivity index (χ4v) is 1.83. The van der Waals surface area contributed by atoms with Crippen LogP contribution in [0.25, 0.3) is 0 Å². The Morgan fingerprint density at radius 3 is 2.53 bits per heavy atom. The third-order valence-electron chi connectivity index (χ3n) is 3.12. The highest BCUT2D eigenvalue weighted by atomic mass is 16.5. The van der Waals surface area contributed by atoms with Crippen LogP contribution < -0.4 is 4.74 Å². The molecule has 0 heterocycles. The summed E-state index contributed by atoms with van der Waals surface area (Å²) >= 11 is 0. The first-order valence-electron chi connectivity index (χ1n) is 6.07. The maximum Gasteiger partial charge on any atom is 0.303 e. The monoisotopic (exact) mass is 265 g/mol. The Morgan fingerprint density at radius 1 is 1.32 bits per heavy atom. The molecule has 19 heavy (non-hydrogen) atoms. The van der Waals surface area contributed by atoms with Gasteiger partial charge in [-0.05, 0) is 13.0 Å². The molecule has 1 rings (SSSR count). The van der Waals surface area contributed by atoms with Crippen LogP contribution in [0.5, 0.6) is 5.75 Å². The summed E-state index contributed by atoms with van der Waals surface area (Å²) in [5.41, 5.74) is 0.899. The van der Waals surface area contributed by atoms with Gasteiger partial charge in [0.25, 0.3) is 0 Å². The largest absolute Gasteiger partial charge is 0.496 e. The van der Waals surface area contributed by atoms with Crippen LogP contribution in [0.4, 0.5) is 0 Å². The lowest BCUT2D eigenvalue weighted by Crippen LogP contribution is -2.30. The summed E-state index contributed by atoms with van der Waals surface area (Å²) in [7, 11) is 3.25. The standard InChI is InChI=1S/C14H19NO4/c1-10(11-6-4-5-7-12(11)19-3)15(2)13(16)8-9-14(17)18/h4-7,10H,8-9H2,1-3H3,(H,17,18). The SMILES string of the molecule is COc1ccccc1C(C)N(C)C(=O)CCC(=O)O. The van der Waals surface area contributed by atoms with Crippen molar-refractivity contribution in [1.82, 2.24) is 4.90 Å². The van der Waals surface area contributed by atoms with Gasteiger partial charge >= 0.3 is 5.97 Å². The van der Waals surface area contributed by atoms with E-state index in [-0.39, 0.29) is 24.8 Å². The first-order chi connectivity index (χ1) is 8.97. The summed E-state index contributed by atoms with van der Waals surface area (Å²) in [6.45, 7) is 1.89. The van der Waals surface area contributed by atoms with Gasteiger partial charge in [0.05, 0.1) is 19.6 Å². The van der Waals surface area contributed by atoms with Gasteiger partial charge in [-0.15, -0.1) is 0 Å². The van der Waals surface area contributed by atoms with Crippen molar-refractivity contribution >= 4 is 11.9 Å². The first kappa shape index (κ1) is 15.0. The van der Waals surface area contributed by atoms with E-state index < -0.39 is 5.97 Å². The summed E-state index contributed by atoms with van der Waals surface area (Å²) in [5.74, 6) is -0.444. The number of rotatable bonds is 6. The topological polar surface area (TPSA) is 66.8 Å². The molecule has 1 atom stereocenters. The van der Waals surface area contributed by atoms with Crippen molar-refractivity contribution < 1.29 is 19.4 Å². The molecule has 5 nitrogen and oxygen atoms in total. The van der Waals surface area contributed by atoms with E-state index in [1.165, 1.54) is 0 Å². The van der Waals surface area contributed by atoms with Crippen molar-refractivity contribution in [3.63, 3.8) is 0 Å². The number of ether oxygens (including phenoxy) is 1. The van der Waals surface area contributed by atoms with Crippen molar-refractivity contribution in [2.75, 3.05) is 14.2 Å². The third kappa shape index (κ3) is 3.98. The van der Waals surface area contributed by atoms with E-state index in [4.69, 9.17) is 9.84 Å². The van der Waals surface area contributed by atoms with Gasteiger partial charge in [0, 0.05) is 19.0 Å². The number of para-hydroxylation sites is 1. The Balaban J connectivity index is 2.78. The molecule has 0 aliphatic rings. The second-order valence-electron chi connectivity index (χ2n) is 4.32. The minimum atomic E-state index is -0.966. The van der Waals surface area contributed by atoms with Gasteiger partial charge in [0.15, 0.2) is 0 Å². The summed E-state index contributed by atoms with van der Waals surface area (Å²) in [5, 5.41) is 8.59. The molecular weight excluding hydrogens is 246 g/mol. The van der Waals surface area contributed by atoms with Crippen molar-refractivity contribution in [2.45, 2.75) is 25.8 Å². The van der Waals surface area contributed by atoms with Gasteiger partial charge in [0.2, 0.25) is 5.91 Å². The molecule has 1 aromatic carbocycles. The Labute approximate surface area is 112 Å². The Kier molecular flexibility index (Phi) is 5.36. The number of hydrogen-bond acceptors (Lipinski definition) is 3. The number of methoxy groups -OCH3 is 1. The molecule has 0 aromatic heterocycles. The molecular formula is C14H19NO4. The molecule has 0 aliphatic carbocycles. The highest BCUT2D eigenvalue weighted by Crippen LogP contribution is 2.28. The minimum Gasteiger partial charge on any atom is -0.496 e. The number of nitrogens with zero attached hydrogens (tertiary/aromatic N) is 1. The lowest BCUT2D eigenvalue weighted by Gasteiger charge is -2.26. The molecule has 1 aromatic rings. The summed E-state index contributed by atoms with van der Waals surface area (Å²) in [6.07, 6.45) is -0.146. The molecule has 0 saturated carbocycles. The smallest absolute Gasteiger partial charge is 0.303 e. The second kappa shape index (κ2) is 6.78. The van der Waals surface area contributed by atoms with Crippen LogP contribution in [-0.2, 0) is 9.59 Å². The van der Waals surface area contributed by atoms with E-state index in [2.05, 4.69) is 0 Å². The van der Waals surface area contributed by atoms with Crippen LogP contribution in [0.3, 0.4) is 0 Å². The molecule has 0 radical (unpaired) electrons. The minimum absolute atomic E-state index is 0.00528. The third-order valence-corrected chi connectivity index (χ3v) is 3.12. The maximum absolute atomic E-state index is 11.9. The molecule has 0 aliphatic heterocycles. The van der Waals surface area contributed by atoms with Crippen LogP contribution in [0.15, 0.2) is 24.3 Å². The highest BCUT2D eigenvalue weighted by Gasteiger charge is 2.20. The molecule has 0 saturated heterocycles. The molecule has 1 unspecified atom stereocenters. The number of aliphatic carboxylic acids is 1. The quantitative estimate of drug-likeness (QED) is 0.855. The molecule has 5 heteroatoms.